The Morgan fingerprint density at radius 1 is 0.730 bits per heavy atom. The number of ketones is 1. The molecule has 0 fully saturated rings. The fraction of sp³-hybridized carbons (Fsp3) is 0.273. The van der Waals surface area contributed by atoms with E-state index in [1.54, 1.807) is 36.4 Å². The van der Waals surface area contributed by atoms with Crippen LogP contribution in [-0.4, -0.2) is 18.4 Å². The smallest absolute Gasteiger partial charge is 0.311 e. The summed E-state index contributed by atoms with van der Waals surface area (Å²) in [5.74, 6) is 0.264. The van der Waals surface area contributed by atoms with Crippen LogP contribution in [-0.2, 0) is 16.1 Å². The standard InChI is InChI=1S/C33H36O4/c1-2-27-15-17-29(18-16-27)26-36-25-11-6-4-3-5-10-14-33(35)37-31-22-19-28(20-23-31)21-24-32(34)30-12-8-7-9-13-30/h2,7-9,12-13,15-24H,1,3-6,10-11,14,25-26H2. The van der Waals surface area contributed by atoms with Gasteiger partial charge in [-0.3, -0.25) is 9.59 Å². The molecule has 4 nitrogen and oxygen atoms in total. The number of hydrogen-bond acceptors (Lipinski definition) is 4. The summed E-state index contributed by atoms with van der Waals surface area (Å²) in [6.07, 6.45) is 11.9. The summed E-state index contributed by atoms with van der Waals surface area (Å²) in [7, 11) is 0. The molecule has 3 aromatic carbocycles. The summed E-state index contributed by atoms with van der Waals surface area (Å²) in [6.45, 7) is 5.18. The van der Waals surface area contributed by atoms with Gasteiger partial charge in [-0.1, -0.05) is 111 Å². The Balaban J connectivity index is 1.20. The molecule has 0 unspecified atom stereocenters. The lowest BCUT2D eigenvalue weighted by molar-refractivity contribution is -0.134. The molecule has 4 heteroatoms. The number of rotatable bonds is 16. The van der Waals surface area contributed by atoms with Crippen LogP contribution in [0.3, 0.4) is 0 Å². The number of benzene rings is 3. The first kappa shape index (κ1) is 27.8. The predicted molar refractivity (Wildman–Crippen MR) is 150 cm³/mol. The highest BCUT2D eigenvalue weighted by Gasteiger charge is 2.05. The van der Waals surface area contributed by atoms with E-state index >= 15 is 0 Å². The highest BCUT2D eigenvalue weighted by molar-refractivity contribution is 6.06. The fourth-order valence-electron chi connectivity index (χ4n) is 3.82. The van der Waals surface area contributed by atoms with Gasteiger partial charge in [-0.15, -0.1) is 0 Å². The van der Waals surface area contributed by atoms with Crippen molar-refractivity contribution >= 4 is 23.9 Å². The van der Waals surface area contributed by atoms with Gasteiger partial charge in [-0.05, 0) is 47.7 Å². The molecule has 0 radical (unpaired) electrons. The highest BCUT2D eigenvalue weighted by Crippen LogP contribution is 2.16. The Bertz CT molecular complexity index is 1130. The molecule has 0 atom stereocenters. The van der Waals surface area contributed by atoms with E-state index in [0.29, 0.717) is 24.3 Å². The molecule has 0 bridgehead atoms. The van der Waals surface area contributed by atoms with Gasteiger partial charge in [0, 0.05) is 18.6 Å². The number of esters is 1. The van der Waals surface area contributed by atoms with E-state index in [2.05, 4.69) is 18.7 Å². The third-order valence-electron chi connectivity index (χ3n) is 6.00. The average molecular weight is 497 g/mol. The molecule has 0 aliphatic carbocycles. The van der Waals surface area contributed by atoms with Crippen LogP contribution in [0, 0.1) is 0 Å². The molecule has 0 saturated carbocycles. The van der Waals surface area contributed by atoms with Crippen LogP contribution in [0.2, 0.25) is 0 Å². The van der Waals surface area contributed by atoms with Gasteiger partial charge in [0.2, 0.25) is 0 Å². The van der Waals surface area contributed by atoms with Gasteiger partial charge >= 0.3 is 5.97 Å². The number of allylic oxidation sites excluding steroid dienone is 1. The molecular formula is C33H36O4. The van der Waals surface area contributed by atoms with E-state index in [0.717, 1.165) is 56.3 Å². The summed E-state index contributed by atoms with van der Waals surface area (Å²) >= 11 is 0. The maximum atomic E-state index is 12.2. The number of hydrogen-bond donors (Lipinski definition) is 0. The topological polar surface area (TPSA) is 52.6 Å². The maximum absolute atomic E-state index is 12.2. The largest absolute Gasteiger partial charge is 0.427 e. The maximum Gasteiger partial charge on any atom is 0.311 e. The van der Waals surface area contributed by atoms with Gasteiger partial charge in [0.1, 0.15) is 5.75 Å². The van der Waals surface area contributed by atoms with Crippen LogP contribution < -0.4 is 4.74 Å². The number of ether oxygens (including phenoxy) is 2. The molecule has 0 N–H and O–H groups in total. The van der Waals surface area contributed by atoms with Crippen molar-refractivity contribution in [1.29, 1.82) is 0 Å². The Labute approximate surface area is 220 Å². The van der Waals surface area contributed by atoms with Crippen LogP contribution in [0.25, 0.3) is 12.2 Å². The Morgan fingerprint density at radius 3 is 2.08 bits per heavy atom. The van der Waals surface area contributed by atoms with Gasteiger partial charge < -0.3 is 9.47 Å². The van der Waals surface area contributed by atoms with Gasteiger partial charge in [0.15, 0.2) is 5.78 Å². The van der Waals surface area contributed by atoms with E-state index in [1.807, 2.05) is 48.5 Å². The molecule has 0 amide bonds. The first-order chi connectivity index (χ1) is 18.1. The average Bonchev–Trinajstić information content (AvgIpc) is 2.94. The first-order valence-electron chi connectivity index (χ1n) is 13.0. The van der Waals surface area contributed by atoms with Crippen molar-refractivity contribution in [2.75, 3.05) is 6.61 Å². The van der Waals surface area contributed by atoms with Crippen molar-refractivity contribution in [2.24, 2.45) is 0 Å². The van der Waals surface area contributed by atoms with Gasteiger partial charge in [-0.25, -0.2) is 0 Å². The van der Waals surface area contributed by atoms with Crippen molar-refractivity contribution in [1.82, 2.24) is 0 Å². The first-order valence-corrected chi connectivity index (χ1v) is 13.0. The third-order valence-corrected chi connectivity index (χ3v) is 6.00. The SMILES string of the molecule is C=Cc1ccc(COCCCCCCCCC(=O)Oc2ccc(C=CC(=O)c3ccccc3)cc2)cc1. The van der Waals surface area contributed by atoms with Crippen LogP contribution in [0.5, 0.6) is 5.75 Å². The molecule has 0 saturated heterocycles. The van der Waals surface area contributed by atoms with Crippen molar-refractivity contribution in [3.8, 4) is 5.75 Å². The Kier molecular flexibility index (Phi) is 12.1. The van der Waals surface area contributed by atoms with E-state index < -0.39 is 0 Å². The lowest BCUT2D eigenvalue weighted by Gasteiger charge is -2.06. The van der Waals surface area contributed by atoms with Crippen molar-refractivity contribution in [3.63, 3.8) is 0 Å². The zero-order valence-corrected chi connectivity index (χ0v) is 21.4. The molecule has 0 aliphatic heterocycles. The monoisotopic (exact) mass is 496 g/mol. The second-order valence-electron chi connectivity index (χ2n) is 8.98. The van der Waals surface area contributed by atoms with E-state index in [9.17, 15) is 9.59 Å². The minimum atomic E-state index is -0.211. The second-order valence-corrected chi connectivity index (χ2v) is 8.98. The molecule has 3 aromatic rings. The van der Waals surface area contributed by atoms with E-state index in [4.69, 9.17) is 9.47 Å². The Hall–Kier alpha value is -3.76. The second kappa shape index (κ2) is 16.1. The van der Waals surface area contributed by atoms with Crippen molar-refractivity contribution in [3.05, 3.63) is 114 Å². The number of carbonyl (C=O) groups excluding carboxylic acids is 2. The predicted octanol–water partition coefficient (Wildman–Crippen LogP) is 8.08. The summed E-state index contributed by atoms with van der Waals surface area (Å²) in [5, 5.41) is 0. The molecule has 37 heavy (non-hydrogen) atoms. The zero-order valence-electron chi connectivity index (χ0n) is 21.4. The normalized spacial score (nSPS) is 10.9. The minimum Gasteiger partial charge on any atom is -0.427 e. The lowest BCUT2D eigenvalue weighted by Crippen LogP contribution is -2.07. The number of unbranched alkanes of at least 4 members (excludes halogenated alkanes) is 5. The summed E-state index contributed by atoms with van der Waals surface area (Å²) in [4.78, 5) is 24.3. The molecule has 0 heterocycles. The quantitative estimate of drug-likeness (QED) is 0.0661. The third kappa shape index (κ3) is 10.8. The van der Waals surface area contributed by atoms with E-state index in [-0.39, 0.29) is 11.8 Å². The number of carbonyl (C=O) groups is 2. The molecule has 0 spiro atoms. The minimum absolute atomic E-state index is 0.0461. The zero-order chi connectivity index (χ0) is 26.1. The van der Waals surface area contributed by atoms with Crippen LogP contribution >= 0.6 is 0 Å². The molecule has 3 rings (SSSR count). The summed E-state index contributed by atoms with van der Waals surface area (Å²) < 4.78 is 11.2. The lowest BCUT2D eigenvalue weighted by atomic mass is 10.1. The Morgan fingerprint density at radius 2 is 1.38 bits per heavy atom. The molecule has 0 aliphatic rings. The van der Waals surface area contributed by atoms with Crippen LogP contribution in [0.1, 0.15) is 72.0 Å². The van der Waals surface area contributed by atoms with Gasteiger partial charge in [-0.2, -0.15) is 0 Å². The van der Waals surface area contributed by atoms with Crippen molar-refractivity contribution < 1.29 is 19.1 Å². The molecule has 0 aromatic heterocycles. The summed E-state index contributed by atoms with van der Waals surface area (Å²) in [5.41, 5.74) is 3.83. The summed E-state index contributed by atoms with van der Waals surface area (Å²) in [6, 6.07) is 24.6. The van der Waals surface area contributed by atoms with Gasteiger partial charge in [0.05, 0.1) is 6.61 Å². The van der Waals surface area contributed by atoms with Crippen LogP contribution in [0.4, 0.5) is 0 Å². The van der Waals surface area contributed by atoms with Gasteiger partial charge in [0.25, 0.3) is 0 Å². The molecule has 192 valence electrons. The van der Waals surface area contributed by atoms with Crippen molar-refractivity contribution in [2.45, 2.75) is 51.6 Å². The van der Waals surface area contributed by atoms with E-state index in [1.165, 1.54) is 5.56 Å². The fourth-order valence-corrected chi connectivity index (χ4v) is 3.82. The van der Waals surface area contributed by atoms with Crippen LogP contribution in [0.15, 0.2) is 91.5 Å². The highest BCUT2D eigenvalue weighted by atomic mass is 16.5. The molecular weight excluding hydrogens is 460 g/mol.